The summed E-state index contributed by atoms with van der Waals surface area (Å²) in [6.07, 6.45) is 2.02. The van der Waals surface area contributed by atoms with E-state index in [1.807, 2.05) is 0 Å². The third kappa shape index (κ3) is 3.83. The van der Waals surface area contributed by atoms with Crippen molar-refractivity contribution in [1.29, 1.82) is 0 Å². The average molecular weight is 307 g/mol. The lowest BCUT2D eigenvalue weighted by Crippen LogP contribution is -2.26. The van der Waals surface area contributed by atoms with E-state index in [1.165, 1.54) is 18.2 Å². The first-order valence-electron chi connectivity index (χ1n) is 6.14. The summed E-state index contributed by atoms with van der Waals surface area (Å²) < 4.78 is 26.6. The average Bonchev–Trinajstić information content (AvgIpc) is 2.48. The standard InChI is InChI=1S/C13H13N3O4S/c17-16(18)12-6-1-2-7-13(12)21(19,20)15-10-8-11-5-3-4-9-14-11/h1-7,9,15H,8,10H2. The van der Waals surface area contributed by atoms with Crippen molar-refractivity contribution in [3.05, 3.63) is 64.5 Å². The largest absolute Gasteiger partial charge is 0.289 e. The molecule has 0 radical (unpaired) electrons. The van der Waals surface area contributed by atoms with Crippen LogP contribution in [0.3, 0.4) is 0 Å². The molecule has 0 aliphatic rings. The summed E-state index contributed by atoms with van der Waals surface area (Å²) in [6.45, 7) is 0.116. The van der Waals surface area contributed by atoms with Gasteiger partial charge < -0.3 is 0 Å². The Morgan fingerprint density at radius 2 is 1.86 bits per heavy atom. The number of nitrogens with zero attached hydrogens (tertiary/aromatic N) is 2. The highest BCUT2D eigenvalue weighted by molar-refractivity contribution is 7.89. The number of hydrogen-bond donors (Lipinski definition) is 1. The minimum Gasteiger partial charge on any atom is -0.261 e. The second kappa shape index (κ2) is 6.42. The number of nitro groups is 1. The van der Waals surface area contributed by atoms with E-state index in [0.717, 1.165) is 11.8 Å². The topological polar surface area (TPSA) is 102 Å². The van der Waals surface area contributed by atoms with Crippen molar-refractivity contribution in [1.82, 2.24) is 9.71 Å². The number of nitrogens with one attached hydrogen (secondary N) is 1. The van der Waals surface area contributed by atoms with E-state index in [2.05, 4.69) is 9.71 Å². The maximum Gasteiger partial charge on any atom is 0.289 e. The quantitative estimate of drug-likeness (QED) is 0.643. The van der Waals surface area contributed by atoms with Gasteiger partial charge in [-0.2, -0.15) is 0 Å². The normalized spacial score (nSPS) is 11.2. The van der Waals surface area contributed by atoms with Crippen molar-refractivity contribution in [2.45, 2.75) is 11.3 Å². The van der Waals surface area contributed by atoms with Crippen LogP contribution < -0.4 is 4.72 Å². The fourth-order valence-corrected chi connectivity index (χ4v) is 2.97. The van der Waals surface area contributed by atoms with E-state index < -0.39 is 20.6 Å². The molecule has 1 heterocycles. The summed E-state index contributed by atoms with van der Waals surface area (Å²) in [5.41, 5.74) is 0.297. The van der Waals surface area contributed by atoms with Gasteiger partial charge in [0, 0.05) is 30.9 Å². The zero-order valence-electron chi connectivity index (χ0n) is 11.0. The predicted octanol–water partition coefficient (Wildman–Crippen LogP) is 1.51. The van der Waals surface area contributed by atoms with Crippen LogP contribution in [0.5, 0.6) is 0 Å². The molecule has 2 rings (SSSR count). The number of aromatic nitrogens is 1. The van der Waals surface area contributed by atoms with Crippen LogP contribution in [-0.4, -0.2) is 24.9 Å². The number of rotatable bonds is 6. The van der Waals surface area contributed by atoms with Gasteiger partial charge in [-0.1, -0.05) is 18.2 Å². The third-order valence-corrected chi connectivity index (χ3v) is 4.26. The van der Waals surface area contributed by atoms with Crippen LogP contribution in [0.25, 0.3) is 0 Å². The first-order chi connectivity index (χ1) is 10.0. The Bertz CT molecular complexity index is 732. The number of hydrogen-bond acceptors (Lipinski definition) is 5. The van der Waals surface area contributed by atoms with Crippen LogP contribution in [0.1, 0.15) is 5.69 Å². The molecule has 0 spiro atoms. The molecule has 0 unspecified atom stereocenters. The van der Waals surface area contributed by atoms with Crippen molar-refractivity contribution in [3.8, 4) is 0 Å². The highest BCUT2D eigenvalue weighted by Crippen LogP contribution is 2.22. The fourth-order valence-electron chi connectivity index (χ4n) is 1.77. The lowest BCUT2D eigenvalue weighted by atomic mass is 10.3. The third-order valence-electron chi connectivity index (χ3n) is 2.75. The monoisotopic (exact) mass is 307 g/mol. The molecule has 0 bridgehead atoms. The van der Waals surface area contributed by atoms with Gasteiger partial charge in [0.25, 0.3) is 5.69 Å². The Hall–Kier alpha value is -2.32. The van der Waals surface area contributed by atoms with E-state index in [9.17, 15) is 18.5 Å². The molecule has 0 atom stereocenters. The summed E-state index contributed by atoms with van der Waals surface area (Å²) in [5.74, 6) is 0. The van der Waals surface area contributed by atoms with Gasteiger partial charge in [-0.25, -0.2) is 13.1 Å². The van der Waals surface area contributed by atoms with Crippen LogP contribution in [0, 0.1) is 10.1 Å². The molecular weight excluding hydrogens is 294 g/mol. The number of nitro benzene ring substituents is 1. The van der Waals surface area contributed by atoms with Crippen LogP contribution >= 0.6 is 0 Å². The molecule has 8 heteroatoms. The molecule has 0 amide bonds. The van der Waals surface area contributed by atoms with Crippen LogP contribution in [0.15, 0.2) is 53.6 Å². The molecule has 7 nitrogen and oxygen atoms in total. The minimum absolute atomic E-state index is 0.116. The van der Waals surface area contributed by atoms with E-state index in [-0.39, 0.29) is 11.4 Å². The smallest absolute Gasteiger partial charge is 0.261 e. The van der Waals surface area contributed by atoms with Gasteiger partial charge in [-0.15, -0.1) is 0 Å². The lowest BCUT2D eigenvalue weighted by molar-refractivity contribution is -0.387. The zero-order chi connectivity index (χ0) is 15.3. The lowest BCUT2D eigenvalue weighted by Gasteiger charge is -2.07. The first kappa shape index (κ1) is 15.1. The van der Waals surface area contributed by atoms with Gasteiger partial charge in [-0.05, 0) is 18.2 Å². The molecule has 0 saturated carbocycles. The van der Waals surface area contributed by atoms with Gasteiger partial charge in [0.2, 0.25) is 10.0 Å². The zero-order valence-corrected chi connectivity index (χ0v) is 11.8. The SMILES string of the molecule is O=[N+]([O-])c1ccccc1S(=O)(=O)NCCc1ccccn1. The van der Waals surface area contributed by atoms with E-state index in [0.29, 0.717) is 6.42 Å². The molecule has 21 heavy (non-hydrogen) atoms. The second-order valence-electron chi connectivity index (χ2n) is 4.19. The Morgan fingerprint density at radius 3 is 2.52 bits per heavy atom. The van der Waals surface area contributed by atoms with Gasteiger partial charge in [0.1, 0.15) is 0 Å². The summed E-state index contributed by atoms with van der Waals surface area (Å²) in [7, 11) is -3.93. The van der Waals surface area contributed by atoms with Crippen LogP contribution in [0.4, 0.5) is 5.69 Å². The molecule has 1 N–H and O–H groups in total. The molecule has 0 aliphatic heterocycles. The fraction of sp³-hybridized carbons (Fsp3) is 0.154. The Balaban J connectivity index is 2.11. The van der Waals surface area contributed by atoms with Crippen LogP contribution in [-0.2, 0) is 16.4 Å². The highest BCUT2D eigenvalue weighted by atomic mass is 32.2. The number of pyridine rings is 1. The Labute approximate surface area is 121 Å². The Morgan fingerprint density at radius 1 is 1.14 bits per heavy atom. The highest BCUT2D eigenvalue weighted by Gasteiger charge is 2.24. The number of sulfonamides is 1. The van der Waals surface area contributed by atoms with Gasteiger partial charge >= 0.3 is 0 Å². The van der Waals surface area contributed by atoms with Crippen LogP contribution in [0.2, 0.25) is 0 Å². The van der Waals surface area contributed by atoms with Crippen molar-refractivity contribution < 1.29 is 13.3 Å². The molecule has 2 aromatic rings. The van der Waals surface area contributed by atoms with E-state index in [1.54, 1.807) is 24.4 Å². The number of para-hydroxylation sites is 1. The van der Waals surface area contributed by atoms with Crippen molar-refractivity contribution in [2.24, 2.45) is 0 Å². The minimum atomic E-state index is -3.93. The molecule has 110 valence electrons. The molecule has 0 saturated heterocycles. The van der Waals surface area contributed by atoms with Crippen molar-refractivity contribution in [2.75, 3.05) is 6.54 Å². The Kier molecular flexibility index (Phi) is 4.61. The van der Waals surface area contributed by atoms with Gasteiger partial charge in [0.15, 0.2) is 4.90 Å². The van der Waals surface area contributed by atoms with Crippen molar-refractivity contribution >= 4 is 15.7 Å². The molecule has 0 fully saturated rings. The van der Waals surface area contributed by atoms with Gasteiger partial charge in [-0.3, -0.25) is 15.1 Å². The second-order valence-corrected chi connectivity index (χ2v) is 5.93. The molecule has 1 aromatic heterocycles. The van der Waals surface area contributed by atoms with E-state index in [4.69, 9.17) is 0 Å². The summed E-state index contributed by atoms with van der Waals surface area (Å²) in [6, 6.07) is 10.6. The molecule has 1 aromatic carbocycles. The summed E-state index contributed by atoms with van der Waals surface area (Å²) in [4.78, 5) is 13.9. The maximum atomic E-state index is 12.1. The summed E-state index contributed by atoms with van der Waals surface area (Å²) >= 11 is 0. The molecule has 0 aliphatic carbocycles. The van der Waals surface area contributed by atoms with E-state index >= 15 is 0 Å². The van der Waals surface area contributed by atoms with Crippen molar-refractivity contribution in [3.63, 3.8) is 0 Å². The maximum absolute atomic E-state index is 12.1. The van der Waals surface area contributed by atoms with Gasteiger partial charge in [0.05, 0.1) is 4.92 Å². The first-order valence-corrected chi connectivity index (χ1v) is 7.62. The summed E-state index contributed by atoms with van der Waals surface area (Å²) in [5, 5.41) is 10.9. The number of benzene rings is 1. The molecular formula is C13H13N3O4S. The predicted molar refractivity (Wildman–Crippen MR) is 76.2 cm³/mol.